The van der Waals surface area contributed by atoms with Gasteiger partial charge in [0.05, 0.1) is 6.54 Å². The van der Waals surface area contributed by atoms with Crippen molar-refractivity contribution in [1.29, 1.82) is 0 Å². The maximum atomic E-state index is 11.7. The highest BCUT2D eigenvalue weighted by atomic mass is 16.3. The maximum absolute atomic E-state index is 11.7. The van der Waals surface area contributed by atoms with Crippen LogP contribution in [0.15, 0.2) is 18.2 Å². The third-order valence-corrected chi connectivity index (χ3v) is 2.52. The van der Waals surface area contributed by atoms with E-state index in [0.29, 0.717) is 5.56 Å². The lowest BCUT2D eigenvalue weighted by molar-refractivity contribution is 0.0987. The Bertz CT molecular complexity index is 377. The molecule has 0 aliphatic heterocycles. The summed E-state index contributed by atoms with van der Waals surface area (Å²) in [6.07, 6.45) is 0.952. The van der Waals surface area contributed by atoms with E-state index >= 15 is 0 Å². The average molecular weight is 223 g/mol. The minimum absolute atomic E-state index is 0.101. The minimum atomic E-state index is -0.269. The van der Waals surface area contributed by atoms with Crippen LogP contribution in [-0.4, -0.2) is 28.6 Å². The van der Waals surface area contributed by atoms with Gasteiger partial charge in [-0.05, 0) is 31.5 Å². The first kappa shape index (κ1) is 12.5. The summed E-state index contributed by atoms with van der Waals surface area (Å²) in [6, 6.07) is 4.37. The minimum Gasteiger partial charge on any atom is -0.504 e. The molecular weight excluding hydrogens is 206 g/mol. The molecular formula is C12H17NO3. The molecule has 1 aromatic rings. The third kappa shape index (κ3) is 3.24. The molecule has 0 saturated carbocycles. The van der Waals surface area contributed by atoms with Crippen molar-refractivity contribution in [2.24, 2.45) is 0 Å². The van der Waals surface area contributed by atoms with Crippen molar-refractivity contribution in [1.82, 2.24) is 5.32 Å². The predicted octanol–water partition coefficient (Wildman–Crippen LogP) is 1.67. The molecule has 0 radical (unpaired) electrons. The summed E-state index contributed by atoms with van der Waals surface area (Å²) < 4.78 is 0. The Kier molecular flexibility index (Phi) is 4.31. The fourth-order valence-corrected chi connectivity index (χ4v) is 1.21. The van der Waals surface area contributed by atoms with Crippen LogP contribution in [0.2, 0.25) is 0 Å². The number of phenolic OH excluding ortho intramolecular Hbond substituents is 2. The number of nitrogens with one attached hydrogen (secondary N) is 1. The second kappa shape index (κ2) is 5.51. The van der Waals surface area contributed by atoms with Gasteiger partial charge in [0, 0.05) is 11.6 Å². The SMILES string of the molecule is CC[C@@H](C)NCC(=O)c1ccc(O)c(O)c1. The van der Waals surface area contributed by atoms with Gasteiger partial charge in [0.1, 0.15) is 0 Å². The summed E-state index contributed by atoms with van der Waals surface area (Å²) in [7, 11) is 0. The van der Waals surface area contributed by atoms with Crippen molar-refractivity contribution in [2.45, 2.75) is 26.3 Å². The van der Waals surface area contributed by atoms with Crippen LogP contribution in [0.1, 0.15) is 30.6 Å². The highest BCUT2D eigenvalue weighted by Gasteiger charge is 2.09. The van der Waals surface area contributed by atoms with Crippen LogP contribution < -0.4 is 5.32 Å². The highest BCUT2D eigenvalue weighted by molar-refractivity contribution is 5.98. The molecule has 1 aromatic carbocycles. The van der Waals surface area contributed by atoms with Gasteiger partial charge in [0.25, 0.3) is 0 Å². The monoisotopic (exact) mass is 223 g/mol. The number of carbonyl (C=O) groups is 1. The Morgan fingerprint density at radius 3 is 2.62 bits per heavy atom. The number of ketones is 1. The van der Waals surface area contributed by atoms with Crippen LogP contribution in [0.5, 0.6) is 11.5 Å². The normalized spacial score (nSPS) is 12.4. The van der Waals surface area contributed by atoms with Crippen molar-refractivity contribution in [3.8, 4) is 11.5 Å². The molecule has 0 aliphatic rings. The fraction of sp³-hybridized carbons (Fsp3) is 0.417. The number of aromatic hydroxyl groups is 2. The van der Waals surface area contributed by atoms with E-state index in [9.17, 15) is 9.90 Å². The van der Waals surface area contributed by atoms with E-state index < -0.39 is 0 Å². The van der Waals surface area contributed by atoms with E-state index in [0.717, 1.165) is 6.42 Å². The molecule has 0 aromatic heterocycles. The van der Waals surface area contributed by atoms with E-state index in [2.05, 4.69) is 5.32 Å². The first-order valence-electron chi connectivity index (χ1n) is 5.33. The molecule has 0 bridgehead atoms. The lowest BCUT2D eigenvalue weighted by atomic mass is 10.1. The Morgan fingerprint density at radius 1 is 1.38 bits per heavy atom. The molecule has 3 N–H and O–H groups in total. The van der Waals surface area contributed by atoms with Gasteiger partial charge in [-0.15, -0.1) is 0 Å². The van der Waals surface area contributed by atoms with Crippen LogP contribution in [0, 0.1) is 0 Å². The summed E-state index contributed by atoms with van der Waals surface area (Å²) in [5.74, 6) is -0.587. The molecule has 1 atom stereocenters. The standard InChI is InChI=1S/C12H17NO3/c1-3-8(2)13-7-12(16)9-4-5-10(14)11(15)6-9/h4-6,8,13-15H,3,7H2,1-2H3/t8-/m1/s1. The Hall–Kier alpha value is -1.55. The average Bonchev–Trinajstić information content (AvgIpc) is 2.29. The van der Waals surface area contributed by atoms with Gasteiger partial charge in [-0.3, -0.25) is 4.79 Å². The van der Waals surface area contributed by atoms with E-state index in [1.807, 2.05) is 13.8 Å². The topological polar surface area (TPSA) is 69.6 Å². The summed E-state index contributed by atoms with van der Waals surface area (Å²) >= 11 is 0. The summed E-state index contributed by atoms with van der Waals surface area (Å²) in [5, 5.41) is 21.4. The first-order valence-corrected chi connectivity index (χ1v) is 5.33. The number of hydrogen-bond acceptors (Lipinski definition) is 4. The van der Waals surface area contributed by atoms with E-state index in [1.165, 1.54) is 18.2 Å². The number of Topliss-reactive ketones (excluding diaryl/α,β-unsaturated/α-hetero) is 1. The van der Waals surface area contributed by atoms with Gasteiger partial charge in [0.2, 0.25) is 0 Å². The lowest BCUT2D eigenvalue weighted by Gasteiger charge is -2.10. The highest BCUT2D eigenvalue weighted by Crippen LogP contribution is 2.24. The van der Waals surface area contributed by atoms with Gasteiger partial charge in [0.15, 0.2) is 17.3 Å². The van der Waals surface area contributed by atoms with Crippen molar-refractivity contribution in [3.63, 3.8) is 0 Å². The number of hydrogen-bond donors (Lipinski definition) is 3. The molecule has 16 heavy (non-hydrogen) atoms. The molecule has 0 spiro atoms. The molecule has 0 amide bonds. The zero-order valence-corrected chi connectivity index (χ0v) is 9.53. The Labute approximate surface area is 94.9 Å². The van der Waals surface area contributed by atoms with Crippen LogP contribution in [0.4, 0.5) is 0 Å². The first-order chi connectivity index (χ1) is 7.54. The van der Waals surface area contributed by atoms with Gasteiger partial charge < -0.3 is 15.5 Å². The van der Waals surface area contributed by atoms with E-state index in [4.69, 9.17) is 5.11 Å². The second-order valence-corrected chi connectivity index (χ2v) is 3.82. The molecule has 88 valence electrons. The lowest BCUT2D eigenvalue weighted by Crippen LogP contribution is -2.30. The molecule has 0 aliphatic carbocycles. The Balaban J connectivity index is 2.63. The second-order valence-electron chi connectivity index (χ2n) is 3.82. The molecule has 0 unspecified atom stereocenters. The van der Waals surface area contributed by atoms with Crippen molar-refractivity contribution in [3.05, 3.63) is 23.8 Å². The summed E-state index contributed by atoms with van der Waals surface area (Å²) in [6.45, 7) is 4.27. The van der Waals surface area contributed by atoms with E-state index in [-0.39, 0.29) is 29.9 Å². The molecule has 0 saturated heterocycles. The molecule has 4 nitrogen and oxygen atoms in total. The molecule has 0 fully saturated rings. The van der Waals surface area contributed by atoms with Crippen molar-refractivity contribution < 1.29 is 15.0 Å². The number of benzene rings is 1. The van der Waals surface area contributed by atoms with Gasteiger partial charge >= 0.3 is 0 Å². The molecule has 0 heterocycles. The summed E-state index contributed by atoms with van der Waals surface area (Å²) in [4.78, 5) is 11.7. The molecule has 1 rings (SSSR count). The maximum Gasteiger partial charge on any atom is 0.176 e. The molecule has 4 heteroatoms. The predicted molar refractivity (Wildman–Crippen MR) is 61.9 cm³/mol. The smallest absolute Gasteiger partial charge is 0.176 e. The number of phenols is 2. The number of carbonyl (C=O) groups excluding carboxylic acids is 1. The van der Waals surface area contributed by atoms with Crippen LogP contribution >= 0.6 is 0 Å². The zero-order chi connectivity index (χ0) is 12.1. The van der Waals surface area contributed by atoms with Crippen LogP contribution in [-0.2, 0) is 0 Å². The van der Waals surface area contributed by atoms with E-state index in [1.54, 1.807) is 0 Å². The van der Waals surface area contributed by atoms with Crippen molar-refractivity contribution in [2.75, 3.05) is 6.54 Å². The zero-order valence-electron chi connectivity index (χ0n) is 9.53. The largest absolute Gasteiger partial charge is 0.504 e. The van der Waals surface area contributed by atoms with Gasteiger partial charge in [-0.1, -0.05) is 6.92 Å². The quantitative estimate of drug-likeness (QED) is 0.524. The van der Waals surface area contributed by atoms with Crippen molar-refractivity contribution >= 4 is 5.78 Å². The number of rotatable bonds is 5. The van der Waals surface area contributed by atoms with Crippen LogP contribution in [0.3, 0.4) is 0 Å². The Morgan fingerprint density at radius 2 is 2.06 bits per heavy atom. The third-order valence-electron chi connectivity index (χ3n) is 2.52. The van der Waals surface area contributed by atoms with Gasteiger partial charge in [-0.2, -0.15) is 0 Å². The van der Waals surface area contributed by atoms with Crippen LogP contribution in [0.25, 0.3) is 0 Å². The summed E-state index contributed by atoms with van der Waals surface area (Å²) in [5.41, 5.74) is 0.395. The fourth-order valence-electron chi connectivity index (χ4n) is 1.21. The van der Waals surface area contributed by atoms with Gasteiger partial charge in [-0.25, -0.2) is 0 Å².